The van der Waals surface area contributed by atoms with Gasteiger partial charge in [-0.05, 0) is 42.1 Å². The van der Waals surface area contributed by atoms with Gasteiger partial charge in [0.1, 0.15) is 18.0 Å². The minimum Gasteiger partial charge on any atom is -0.487 e. The lowest BCUT2D eigenvalue weighted by Gasteiger charge is -2.11. The molecule has 140 valence electrons. The highest BCUT2D eigenvalue weighted by molar-refractivity contribution is 7.13. The summed E-state index contributed by atoms with van der Waals surface area (Å²) in [6, 6.07) is 13.3. The van der Waals surface area contributed by atoms with Crippen LogP contribution in [0.2, 0.25) is 0 Å². The summed E-state index contributed by atoms with van der Waals surface area (Å²) in [7, 11) is 0. The standard InChI is InChI=1S/C20H15N3O4S/c1-13-6-7-22-19(9-13)21-14(10-20(22)24)12-27-17-5-4-15(23(25)26)11-16(17)18-3-2-8-28-18/h2-11H,12H2,1H3. The molecule has 0 aliphatic heterocycles. The molecule has 3 heterocycles. The molecule has 0 aliphatic carbocycles. The number of non-ortho nitro benzene ring substituents is 1. The lowest BCUT2D eigenvalue weighted by atomic mass is 10.1. The summed E-state index contributed by atoms with van der Waals surface area (Å²) in [5.74, 6) is 0.499. The van der Waals surface area contributed by atoms with Crippen molar-refractivity contribution in [2.75, 3.05) is 0 Å². The Bertz CT molecular complexity index is 1230. The van der Waals surface area contributed by atoms with Crippen LogP contribution in [0.1, 0.15) is 11.3 Å². The fourth-order valence-electron chi connectivity index (χ4n) is 2.86. The molecule has 3 aromatic heterocycles. The number of rotatable bonds is 5. The molecule has 0 bridgehead atoms. The van der Waals surface area contributed by atoms with E-state index in [1.165, 1.54) is 33.9 Å². The van der Waals surface area contributed by atoms with Gasteiger partial charge in [-0.15, -0.1) is 11.3 Å². The molecule has 7 nitrogen and oxygen atoms in total. The summed E-state index contributed by atoms with van der Waals surface area (Å²) in [6.45, 7) is 2.01. The van der Waals surface area contributed by atoms with E-state index in [1.807, 2.05) is 36.6 Å². The number of pyridine rings is 1. The van der Waals surface area contributed by atoms with Gasteiger partial charge in [0, 0.05) is 34.8 Å². The van der Waals surface area contributed by atoms with E-state index in [0.717, 1.165) is 10.4 Å². The van der Waals surface area contributed by atoms with Gasteiger partial charge in [-0.3, -0.25) is 19.3 Å². The summed E-state index contributed by atoms with van der Waals surface area (Å²) >= 11 is 1.47. The molecule has 4 rings (SSSR count). The van der Waals surface area contributed by atoms with Crippen molar-refractivity contribution in [3.63, 3.8) is 0 Å². The van der Waals surface area contributed by atoms with Gasteiger partial charge >= 0.3 is 0 Å². The normalized spacial score (nSPS) is 10.9. The maximum atomic E-state index is 12.3. The number of hydrogen-bond acceptors (Lipinski definition) is 6. The lowest BCUT2D eigenvalue weighted by molar-refractivity contribution is -0.384. The maximum Gasteiger partial charge on any atom is 0.270 e. The van der Waals surface area contributed by atoms with Crippen LogP contribution >= 0.6 is 11.3 Å². The van der Waals surface area contributed by atoms with Gasteiger partial charge in [0.2, 0.25) is 0 Å². The smallest absolute Gasteiger partial charge is 0.270 e. The number of nitrogens with zero attached hydrogens (tertiary/aromatic N) is 3. The van der Waals surface area contributed by atoms with Crippen LogP contribution in [-0.2, 0) is 6.61 Å². The van der Waals surface area contributed by atoms with Gasteiger partial charge in [-0.1, -0.05) is 6.07 Å². The third-order valence-electron chi connectivity index (χ3n) is 4.21. The molecule has 0 fully saturated rings. The Labute approximate surface area is 163 Å². The Morgan fingerprint density at radius 3 is 2.82 bits per heavy atom. The molecular weight excluding hydrogens is 378 g/mol. The van der Waals surface area contributed by atoms with Crippen molar-refractivity contribution in [1.82, 2.24) is 9.38 Å². The summed E-state index contributed by atoms with van der Waals surface area (Å²) in [5, 5.41) is 13.0. The van der Waals surface area contributed by atoms with Crippen LogP contribution in [0.3, 0.4) is 0 Å². The summed E-state index contributed by atoms with van der Waals surface area (Å²) in [6.07, 6.45) is 1.69. The van der Waals surface area contributed by atoms with Crippen LogP contribution in [-0.4, -0.2) is 14.3 Å². The van der Waals surface area contributed by atoms with Crippen LogP contribution in [0.25, 0.3) is 16.1 Å². The number of hydrogen-bond donors (Lipinski definition) is 0. The van der Waals surface area contributed by atoms with E-state index >= 15 is 0 Å². The monoisotopic (exact) mass is 393 g/mol. The van der Waals surface area contributed by atoms with Crippen LogP contribution in [0.5, 0.6) is 5.75 Å². The molecule has 0 saturated carbocycles. The zero-order valence-electron chi connectivity index (χ0n) is 14.9. The minimum atomic E-state index is -0.435. The topological polar surface area (TPSA) is 86.7 Å². The van der Waals surface area contributed by atoms with Crippen molar-refractivity contribution >= 4 is 22.7 Å². The Balaban J connectivity index is 1.67. The molecule has 0 N–H and O–H groups in total. The third-order valence-corrected chi connectivity index (χ3v) is 5.12. The Morgan fingerprint density at radius 1 is 1.21 bits per heavy atom. The van der Waals surface area contributed by atoms with E-state index in [0.29, 0.717) is 22.7 Å². The summed E-state index contributed by atoms with van der Waals surface area (Å²) in [4.78, 5) is 28.3. The van der Waals surface area contributed by atoms with Crippen molar-refractivity contribution in [2.24, 2.45) is 0 Å². The number of thiophene rings is 1. The van der Waals surface area contributed by atoms with Crippen LogP contribution in [0, 0.1) is 17.0 Å². The zero-order chi connectivity index (χ0) is 19.7. The molecule has 0 saturated heterocycles. The molecule has 0 amide bonds. The Kier molecular flexibility index (Phi) is 4.62. The summed E-state index contributed by atoms with van der Waals surface area (Å²) < 4.78 is 7.36. The largest absolute Gasteiger partial charge is 0.487 e. The molecule has 0 unspecified atom stereocenters. The maximum absolute atomic E-state index is 12.3. The van der Waals surface area contributed by atoms with Gasteiger partial charge in [-0.2, -0.15) is 0 Å². The number of fused-ring (bicyclic) bond motifs is 1. The Morgan fingerprint density at radius 2 is 2.07 bits per heavy atom. The highest BCUT2D eigenvalue weighted by Crippen LogP contribution is 2.36. The fraction of sp³-hybridized carbons (Fsp3) is 0.100. The molecule has 0 spiro atoms. The molecule has 8 heteroatoms. The number of aryl methyl sites for hydroxylation is 1. The van der Waals surface area contributed by atoms with Gasteiger partial charge in [0.15, 0.2) is 0 Å². The number of nitro groups is 1. The molecule has 0 atom stereocenters. The minimum absolute atomic E-state index is 0.00620. The predicted molar refractivity (Wildman–Crippen MR) is 107 cm³/mol. The van der Waals surface area contributed by atoms with Crippen LogP contribution in [0.4, 0.5) is 5.69 Å². The lowest BCUT2D eigenvalue weighted by Crippen LogP contribution is -2.16. The SMILES string of the molecule is Cc1ccn2c(=O)cc(COc3ccc([N+](=O)[O-])cc3-c3cccs3)nc2c1. The van der Waals surface area contributed by atoms with E-state index in [4.69, 9.17) is 4.74 Å². The molecule has 4 aromatic rings. The first-order valence-electron chi connectivity index (χ1n) is 8.45. The molecule has 0 radical (unpaired) electrons. The molecule has 1 aromatic carbocycles. The zero-order valence-corrected chi connectivity index (χ0v) is 15.7. The first kappa shape index (κ1) is 17.9. The molecule has 0 aliphatic rings. The van der Waals surface area contributed by atoms with Crippen molar-refractivity contribution < 1.29 is 9.66 Å². The second-order valence-electron chi connectivity index (χ2n) is 6.22. The van der Waals surface area contributed by atoms with Crippen molar-refractivity contribution in [3.8, 4) is 16.2 Å². The predicted octanol–water partition coefficient (Wildman–Crippen LogP) is 4.22. The molecular formula is C20H15N3O4S. The van der Waals surface area contributed by atoms with E-state index in [2.05, 4.69) is 4.98 Å². The van der Waals surface area contributed by atoms with Gasteiger partial charge in [-0.25, -0.2) is 4.98 Å². The van der Waals surface area contributed by atoms with E-state index in [9.17, 15) is 14.9 Å². The molecule has 28 heavy (non-hydrogen) atoms. The number of ether oxygens (including phenoxy) is 1. The van der Waals surface area contributed by atoms with Gasteiger partial charge < -0.3 is 4.74 Å². The van der Waals surface area contributed by atoms with Crippen LogP contribution in [0.15, 0.2) is 64.9 Å². The van der Waals surface area contributed by atoms with E-state index in [-0.39, 0.29) is 17.9 Å². The van der Waals surface area contributed by atoms with Crippen molar-refractivity contribution in [2.45, 2.75) is 13.5 Å². The average molecular weight is 393 g/mol. The highest BCUT2D eigenvalue weighted by atomic mass is 32.1. The Hall–Kier alpha value is -3.52. The highest BCUT2D eigenvalue weighted by Gasteiger charge is 2.15. The first-order chi connectivity index (χ1) is 13.5. The number of nitro benzene ring substituents is 1. The second kappa shape index (κ2) is 7.24. The van der Waals surface area contributed by atoms with Gasteiger partial charge in [0.05, 0.1) is 10.6 Å². The van der Waals surface area contributed by atoms with Crippen molar-refractivity contribution in [1.29, 1.82) is 0 Å². The van der Waals surface area contributed by atoms with E-state index < -0.39 is 4.92 Å². The van der Waals surface area contributed by atoms with Crippen LogP contribution < -0.4 is 10.3 Å². The number of benzene rings is 1. The summed E-state index contributed by atoms with van der Waals surface area (Å²) in [5.41, 5.74) is 2.48. The second-order valence-corrected chi connectivity index (χ2v) is 7.17. The number of aromatic nitrogens is 2. The van der Waals surface area contributed by atoms with E-state index in [1.54, 1.807) is 12.3 Å². The van der Waals surface area contributed by atoms with Gasteiger partial charge in [0.25, 0.3) is 11.2 Å². The fourth-order valence-corrected chi connectivity index (χ4v) is 3.61. The third kappa shape index (κ3) is 3.49. The quantitative estimate of drug-likeness (QED) is 0.374. The van der Waals surface area contributed by atoms with Crippen molar-refractivity contribution in [3.05, 3.63) is 91.8 Å². The first-order valence-corrected chi connectivity index (χ1v) is 9.33. The average Bonchev–Trinajstić information content (AvgIpc) is 3.20.